The zero-order valence-corrected chi connectivity index (χ0v) is 24.9. The lowest BCUT2D eigenvalue weighted by Crippen LogP contribution is -2.62. The zero-order chi connectivity index (χ0) is 29.0. The van der Waals surface area contributed by atoms with Gasteiger partial charge >= 0.3 is 20.8 Å². The minimum atomic E-state index is -4.82. The van der Waals surface area contributed by atoms with Gasteiger partial charge in [0.2, 0.25) is 0 Å². The summed E-state index contributed by atoms with van der Waals surface area (Å²) in [7, 11) is -9.35. The van der Waals surface area contributed by atoms with Crippen LogP contribution in [0.3, 0.4) is 0 Å². The van der Waals surface area contributed by atoms with Crippen LogP contribution < -0.4 is 0 Å². The third-order valence-corrected chi connectivity index (χ3v) is 12.1. The van der Waals surface area contributed by atoms with E-state index in [1.807, 2.05) is 6.92 Å². The lowest BCUT2D eigenvalue weighted by molar-refractivity contribution is -0.202. The normalized spacial score (nSPS) is 43.3. The van der Waals surface area contributed by atoms with Gasteiger partial charge in [0.15, 0.2) is 0 Å². The monoisotopic (exact) mass is 594 g/mol. The summed E-state index contributed by atoms with van der Waals surface area (Å²) in [5, 5.41) is 21.9. The van der Waals surface area contributed by atoms with Crippen molar-refractivity contribution in [1.82, 2.24) is 0 Å². The molecule has 4 N–H and O–H groups in total. The second-order valence-electron chi connectivity index (χ2n) is 13.4. The fourth-order valence-electron chi connectivity index (χ4n) is 9.69. The van der Waals surface area contributed by atoms with Crippen molar-refractivity contribution in [3.05, 3.63) is 12.2 Å². The summed E-state index contributed by atoms with van der Waals surface area (Å²) in [4.78, 5) is 0. The van der Waals surface area contributed by atoms with Crippen LogP contribution in [0.2, 0.25) is 0 Å². The van der Waals surface area contributed by atoms with Gasteiger partial charge in [-0.2, -0.15) is 16.8 Å². The maximum absolute atomic E-state index is 11.4. The summed E-state index contributed by atoms with van der Waals surface area (Å²) in [6.07, 6.45) is 4.29. The predicted molar refractivity (Wildman–Crippen MR) is 144 cm³/mol. The van der Waals surface area contributed by atoms with Crippen LogP contribution in [-0.4, -0.2) is 61.1 Å². The fourth-order valence-corrected chi connectivity index (χ4v) is 10.6. The summed E-state index contributed by atoms with van der Waals surface area (Å²) < 4.78 is 73.7. The Morgan fingerprint density at radius 1 is 0.949 bits per heavy atom. The first-order valence-corrected chi connectivity index (χ1v) is 17.0. The fraction of sp³-hybridized carbons (Fsp3) is 0.926. The summed E-state index contributed by atoms with van der Waals surface area (Å²) in [6.45, 7) is 10.3. The molecule has 39 heavy (non-hydrogen) atoms. The molecule has 3 unspecified atom stereocenters. The second kappa shape index (κ2) is 11.2. The zero-order valence-electron chi connectivity index (χ0n) is 23.2. The van der Waals surface area contributed by atoms with E-state index in [2.05, 4.69) is 20.4 Å². The molecular weight excluding hydrogens is 548 g/mol. The first kappa shape index (κ1) is 31.3. The van der Waals surface area contributed by atoms with Crippen LogP contribution in [0, 0.1) is 46.3 Å². The van der Waals surface area contributed by atoms with Crippen LogP contribution in [0.25, 0.3) is 0 Å². The Bertz CT molecular complexity index is 1120. The lowest BCUT2D eigenvalue weighted by atomic mass is 9.43. The average Bonchev–Trinajstić information content (AvgIpc) is 3.14. The van der Waals surface area contributed by atoms with Crippen molar-refractivity contribution >= 4 is 20.8 Å². The van der Waals surface area contributed by atoms with Gasteiger partial charge in [0.1, 0.15) is 6.10 Å². The Morgan fingerprint density at radius 3 is 2.21 bits per heavy atom. The van der Waals surface area contributed by atoms with Crippen molar-refractivity contribution in [2.45, 2.75) is 103 Å². The molecule has 0 amide bonds. The SMILES string of the molecule is C=C(C)CCC[C@@H](COS(=O)(=O)O)[C@H]1CCC2C3CC[C@@H]4[C@H](O)[C@H](OS(=O)(=O)O)[C@@H](O)C[C@]4(C)C3CC[C@@]21C. The average molecular weight is 595 g/mol. The third-order valence-electron chi connectivity index (χ3n) is 11.2. The van der Waals surface area contributed by atoms with E-state index in [1.54, 1.807) is 0 Å². The molecule has 10 nitrogen and oxygen atoms in total. The van der Waals surface area contributed by atoms with Gasteiger partial charge < -0.3 is 10.2 Å². The van der Waals surface area contributed by atoms with Gasteiger partial charge in [-0.15, -0.1) is 6.58 Å². The molecule has 0 spiro atoms. The number of fused-ring (bicyclic) bond motifs is 5. The highest BCUT2D eigenvalue weighted by Crippen LogP contribution is 2.68. The van der Waals surface area contributed by atoms with Gasteiger partial charge in [0.05, 0.1) is 18.8 Å². The van der Waals surface area contributed by atoms with E-state index in [9.17, 15) is 36.2 Å². The molecule has 0 radical (unpaired) electrons. The summed E-state index contributed by atoms with van der Waals surface area (Å²) >= 11 is 0. The predicted octanol–water partition coefficient (Wildman–Crippen LogP) is 3.96. The van der Waals surface area contributed by atoms with Crippen LogP contribution in [0.5, 0.6) is 0 Å². The minimum absolute atomic E-state index is 0.0126. The molecule has 4 saturated carbocycles. The van der Waals surface area contributed by atoms with E-state index >= 15 is 0 Å². The number of rotatable bonds is 10. The summed E-state index contributed by atoms with van der Waals surface area (Å²) in [6, 6.07) is 0. The van der Waals surface area contributed by atoms with Crippen LogP contribution in [-0.2, 0) is 29.2 Å². The van der Waals surface area contributed by atoms with Crippen LogP contribution in [0.1, 0.15) is 85.0 Å². The molecule has 226 valence electrons. The van der Waals surface area contributed by atoms with Crippen molar-refractivity contribution in [2.24, 2.45) is 46.3 Å². The van der Waals surface area contributed by atoms with Crippen LogP contribution in [0.15, 0.2) is 12.2 Å². The van der Waals surface area contributed by atoms with E-state index < -0.39 is 44.5 Å². The molecule has 0 aromatic rings. The maximum Gasteiger partial charge on any atom is 0.397 e. The highest BCUT2D eigenvalue weighted by Gasteiger charge is 2.64. The van der Waals surface area contributed by atoms with Gasteiger partial charge in [0, 0.05) is 0 Å². The topological polar surface area (TPSA) is 168 Å². The molecule has 4 aliphatic rings. The largest absolute Gasteiger partial charge is 0.397 e. The minimum Gasteiger partial charge on any atom is -0.390 e. The molecule has 12 heteroatoms. The van der Waals surface area contributed by atoms with Crippen molar-refractivity contribution in [3.8, 4) is 0 Å². The quantitative estimate of drug-likeness (QED) is 0.215. The third kappa shape index (κ3) is 6.43. The number of hydrogen-bond donors (Lipinski definition) is 4. The van der Waals surface area contributed by atoms with E-state index in [0.717, 1.165) is 56.9 Å². The van der Waals surface area contributed by atoms with E-state index in [4.69, 9.17) is 8.37 Å². The first-order valence-electron chi connectivity index (χ1n) is 14.2. The van der Waals surface area contributed by atoms with Crippen molar-refractivity contribution in [2.75, 3.05) is 6.61 Å². The Kier molecular flexibility index (Phi) is 9.03. The molecule has 0 bridgehead atoms. The molecule has 0 aromatic heterocycles. The molecule has 0 aliphatic heterocycles. The van der Waals surface area contributed by atoms with Gasteiger partial charge in [-0.1, -0.05) is 19.4 Å². The van der Waals surface area contributed by atoms with Crippen molar-refractivity contribution in [1.29, 1.82) is 0 Å². The highest BCUT2D eigenvalue weighted by molar-refractivity contribution is 7.81. The van der Waals surface area contributed by atoms with Crippen molar-refractivity contribution in [3.63, 3.8) is 0 Å². The smallest absolute Gasteiger partial charge is 0.390 e. The molecular formula is C27H46O10S2. The summed E-state index contributed by atoms with van der Waals surface area (Å²) in [5.41, 5.74) is 0.644. The Balaban J connectivity index is 1.54. The lowest BCUT2D eigenvalue weighted by Gasteiger charge is -2.62. The highest BCUT2D eigenvalue weighted by atomic mass is 32.3. The van der Waals surface area contributed by atoms with Gasteiger partial charge in [-0.05, 0) is 117 Å². The van der Waals surface area contributed by atoms with Gasteiger partial charge in [-0.3, -0.25) is 9.11 Å². The van der Waals surface area contributed by atoms with Crippen molar-refractivity contribution < 1.29 is 44.5 Å². The molecule has 11 atom stereocenters. The van der Waals surface area contributed by atoms with Gasteiger partial charge in [-0.25, -0.2) is 8.37 Å². The number of hydrogen-bond acceptors (Lipinski definition) is 8. The molecule has 4 aliphatic carbocycles. The molecule has 0 heterocycles. The van der Waals surface area contributed by atoms with E-state index in [0.29, 0.717) is 18.3 Å². The Labute approximate surface area is 233 Å². The number of aliphatic hydroxyl groups is 2. The number of aliphatic hydroxyl groups excluding tert-OH is 2. The van der Waals surface area contributed by atoms with E-state index in [-0.39, 0.29) is 42.1 Å². The van der Waals surface area contributed by atoms with Crippen LogP contribution >= 0.6 is 0 Å². The molecule has 4 rings (SSSR count). The molecule has 4 fully saturated rings. The molecule has 0 aromatic carbocycles. The van der Waals surface area contributed by atoms with Crippen LogP contribution in [0.4, 0.5) is 0 Å². The number of allylic oxidation sites excluding steroid dienone is 1. The molecule has 0 saturated heterocycles. The summed E-state index contributed by atoms with van der Waals surface area (Å²) in [5.74, 6) is 0.979. The Hall–Kier alpha value is -0.600. The maximum atomic E-state index is 11.4. The Morgan fingerprint density at radius 2 is 1.59 bits per heavy atom. The standard InChI is InChI=1S/C27H46O10S2/c1-16(2)6-5-7-17(15-36-38(30,31)32)19-10-11-20-18-8-9-22-24(29)25(37-39(33,34)35)23(28)14-27(22,4)21(18)12-13-26(19,20)3/h17-25,28-29H,1,5-15H2,2-4H3,(H,30,31,32)(H,33,34,35)/t17-,18?,19+,20?,21?,22+,23-,24-,25+,26+,27+/m0/s1. The van der Waals surface area contributed by atoms with Gasteiger partial charge in [0.25, 0.3) is 0 Å². The van der Waals surface area contributed by atoms with E-state index in [1.165, 1.54) is 0 Å². The second-order valence-corrected chi connectivity index (χ2v) is 15.5. The first-order chi connectivity index (χ1) is 18.0.